The van der Waals surface area contributed by atoms with E-state index in [1.54, 1.807) is 0 Å². The Kier molecular flexibility index (Phi) is 14.9. The molecular weight excluding hydrogens is 301 g/mol. The highest BCUT2D eigenvalue weighted by Gasteiger charge is 2.11. The minimum atomic E-state index is -4.10. The van der Waals surface area contributed by atoms with Crippen molar-refractivity contribution in [3.05, 3.63) is 0 Å². The Hall–Kier alpha value is -0.950. The van der Waals surface area contributed by atoms with Crippen LogP contribution in [0.15, 0.2) is 0 Å². The third-order valence-electron chi connectivity index (χ3n) is 2.34. The Bertz CT molecular complexity index is 330. The summed E-state index contributed by atoms with van der Waals surface area (Å²) in [7, 11) is -4.10. The maximum absolute atomic E-state index is 10.1. The molecule has 0 amide bonds. The zero-order valence-corrected chi connectivity index (χ0v) is 13.2. The van der Waals surface area contributed by atoms with Crippen LogP contribution in [0.1, 0.15) is 51.9 Å². The lowest BCUT2D eigenvalue weighted by Gasteiger charge is -2.02. The van der Waals surface area contributed by atoms with Crippen LogP contribution in [0.2, 0.25) is 0 Å². The molecule has 0 saturated carbocycles. The van der Waals surface area contributed by atoms with E-state index in [0.717, 1.165) is 12.8 Å². The second-order valence-electron chi connectivity index (χ2n) is 4.55. The van der Waals surface area contributed by atoms with Crippen molar-refractivity contribution in [2.24, 2.45) is 0 Å². The summed E-state index contributed by atoms with van der Waals surface area (Å²) in [5.74, 6) is -1.81. The molecule has 0 aliphatic rings. The molecule has 9 heteroatoms. The van der Waals surface area contributed by atoms with E-state index in [0.29, 0.717) is 6.42 Å². The number of aliphatic carboxylic acids is 2. The van der Waals surface area contributed by atoms with Gasteiger partial charge in [-0.2, -0.15) is 0 Å². The normalized spacial score (nSPS) is 10.6. The molecule has 0 bridgehead atoms. The van der Waals surface area contributed by atoms with Crippen LogP contribution in [0.4, 0.5) is 0 Å². The van der Waals surface area contributed by atoms with Crippen LogP contribution >= 0.6 is 7.60 Å². The van der Waals surface area contributed by atoms with Gasteiger partial charge >= 0.3 is 19.5 Å². The Morgan fingerprint density at radius 3 is 1.90 bits per heavy atom. The Balaban J connectivity index is 0. The molecule has 0 unspecified atom stereocenters. The topological polar surface area (TPSA) is 144 Å². The van der Waals surface area contributed by atoms with Gasteiger partial charge in [0.25, 0.3) is 0 Å². The smallest absolute Gasteiger partial charge is 0.339 e. The van der Waals surface area contributed by atoms with Gasteiger partial charge in [-0.3, -0.25) is 19.5 Å². The van der Waals surface area contributed by atoms with Crippen LogP contribution in [0.25, 0.3) is 0 Å². The molecule has 0 aromatic heterocycles. The number of rotatable bonds is 11. The van der Waals surface area contributed by atoms with Gasteiger partial charge in [-0.1, -0.05) is 39.0 Å². The summed E-state index contributed by atoms with van der Waals surface area (Å²) in [6, 6.07) is 0. The molecule has 0 fully saturated rings. The van der Waals surface area contributed by atoms with Crippen molar-refractivity contribution in [2.45, 2.75) is 51.9 Å². The molecule has 0 rings (SSSR count). The predicted octanol–water partition coefficient (Wildman–Crippen LogP) is 1.62. The van der Waals surface area contributed by atoms with Gasteiger partial charge < -0.3 is 20.0 Å². The molecule has 126 valence electrons. The number of hydrogen-bond donors (Lipinski definition) is 5. The lowest BCUT2D eigenvalue weighted by molar-refractivity contribution is -0.137. The summed E-state index contributed by atoms with van der Waals surface area (Å²) in [6.45, 7) is 1.74. The minimum Gasteiger partial charge on any atom is -0.481 e. The fourth-order valence-electron chi connectivity index (χ4n) is 1.37. The highest BCUT2D eigenvalue weighted by molar-refractivity contribution is 7.51. The SMILES string of the molecule is CCCCCCCCC(=O)O.O=C(O)CNCP(=O)(O)O. The Morgan fingerprint density at radius 2 is 1.48 bits per heavy atom. The number of carboxylic acids is 2. The van der Waals surface area contributed by atoms with Crippen molar-refractivity contribution in [2.75, 3.05) is 12.8 Å². The molecule has 0 aromatic carbocycles. The maximum atomic E-state index is 10.1. The quantitative estimate of drug-likeness (QED) is 0.284. The van der Waals surface area contributed by atoms with Gasteiger partial charge in [0.05, 0.1) is 12.8 Å². The molecule has 0 saturated heterocycles. The van der Waals surface area contributed by atoms with Crippen LogP contribution in [0, 0.1) is 0 Å². The van der Waals surface area contributed by atoms with Crippen molar-refractivity contribution >= 4 is 19.5 Å². The maximum Gasteiger partial charge on any atom is 0.339 e. The van der Waals surface area contributed by atoms with Crippen molar-refractivity contribution in [3.8, 4) is 0 Å². The van der Waals surface area contributed by atoms with E-state index in [4.69, 9.17) is 20.0 Å². The summed E-state index contributed by atoms with van der Waals surface area (Å²) < 4.78 is 10.1. The van der Waals surface area contributed by atoms with E-state index in [9.17, 15) is 14.2 Å². The molecule has 0 aromatic rings. The molecule has 21 heavy (non-hydrogen) atoms. The van der Waals surface area contributed by atoms with E-state index in [1.807, 2.05) is 0 Å². The van der Waals surface area contributed by atoms with E-state index in [-0.39, 0.29) is 0 Å². The number of hydrogen-bond acceptors (Lipinski definition) is 4. The van der Waals surface area contributed by atoms with Crippen LogP contribution in [0.5, 0.6) is 0 Å². The first-order valence-electron chi connectivity index (χ1n) is 6.88. The first-order valence-corrected chi connectivity index (χ1v) is 8.67. The van der Waals surface area contributed by atoms with Crippen LogP contribution in [-0.2, 0) is 14.2 Å². The first-order chi connectivity index (χ1) is 9.69. The fraction of sp³-hybridized carbons (Fsp3) is 0.833. The minimum absolute atomic E-state index is 0.339. The van der Waals surface area contributed by atoms with Gasteiger partial charge in [-0.15, -0.1) is 0 Å². The monoisotopic (exact) mass is 327 g/mol. The Morgan fingerprint density at radius 1 is 0.952 bits per heavy atom. The second-order valence-corrected chi connectivity index (χ2v) is 6.20. The van der Waals surface area contributed by atoms with E-state index < -0.39 is 32.4 Å². The third-order valence-corrected chi connectivity index (χ3v) is 2.97. The zero-order valence-electron chi connectivity index (χ0n) is 12.3. The molecule has 0 aliphatic carbocycles. The largest absolute Gasteiger partial charge is 0.481 e. The van der Waals surface area contributed by atoms with Crippen molar-refractivity contribution in [3.63, 3.8) is 0 Å². The van der Waals surface area contributed by atoms with Crippen molar-refractivity contribution in [1.29, 1.82) is 0 Å². The summed E-state index contributed by atoms with van der Waals surface area (Å²) in [6.07, 6.45) is 6.65. The molecule has 0 aliphatic heterocycles. The highest BCUT2D eigenvalue weighted by atomic mass is 31.2. The van der Waals surface area contributed by atoms with Crippen LogP contribution in [0.3, 0.4) is 0 Å². The summed E-state index contributed by atoms with van der Waals surface area (Å²) >= 11 is 0. The molecule has 0 spiro atoms. The first kappa shape index (κ1) is 22.3. The molecule has 8 nitrogen and oxygen atoms in total. The van der Waals surface area contributed by atoms with Gasteiger partial charge in [0.1, 0.15) is 0 Å². The van der Waals surface area contributed by atoms with Crippen molar-refractivity contribution in [1.82, 2.24) is 5.32 Å². The van der Waals surface area contributed by atoms with E-state index in [2.05, 4.69) is 12.2 Å². The lowest BCUT2D eigenvalue weighted by atomic mass is 10.1. The van der Waals surface area contributed by atoms with Gasteiger partial charge in [0.2, 0.25) is 0 Å². The standard InChI is InChI=1S/C9H18O2.C3H8NO5P/c1-2-3-4-5-6-7-8-9(10)11;5-3(6)1-4-2-10(7,8)9/h2-8H2,1H3,(H,10,11);4H,1-2H2,(H,5,6)(H2,7,8,9). The summed E-state index contributed by atoms with van der Waals surface area (Å²) in [5.41, 5.74) is 0. The number of nitrogens with one attached hydrogen (secondary N) is 1. The second kappa shape index (κ2) is 14.0. The molecule has 0 radical (unpaired) electrons. The average Bonchev–Trinajstić information content (AvgIpc) is 2.32. The van der Waals surface area contributed by atoms with Crippen molar-refractivity contribution < 1.29 is 34.2 Å². The number of carbonyl (C=O) groups is 2. The predicted molar refractivity (Wildman–Crippen MR) is 78.2 cm³/mol. The van der Waals surface area contributed by atoms with Gasteiger partial charge in [-0.25, -0.2) is 0 Å². The molecular formula is C12H26NO7P. The van der Waals surface area contributed by atoms with Crippen LogP contribution < -0.4 is 5.32 Å². The van der Waals surface area contributed by atoms with Gasteiger partial charge in [-0.05, 0) is 6.42 Å². The summed E-state index contributed by atoms with van der Waals surface area (Å²) in [4.78, 5) is 36.2. The highest BCUT2D eigenvalue weighted by Crippen LogP contribution is 2.31. The lowest BCUT2D eigenvalue weighted by Crippen LogP contribution is -2.23. The molecule has 5 N–H and O–H groups in total. The fourth-order valence-corrected chi connectivity index (χ4v) is 1.77. The van der Waals surface area contributed by atoms with Gasteiger partial charge in [0.15, 0.2) is 0 Å². The van der Waals surface area contributed by atoms with E-state index >= 15 is 0 Å². The number of unbranched alkanes of at least 4 members (excludes halogenated alkanes) is 5. The zero-order chi connectivity index (χ0) is 16.7. The Labute approximate surface area is 124 Å². The van der Waals surface area contributed by atoms with Crippen LogP contribution in [-0.4, -0.2) is 44.8 Å². The average molecular weight is 327 g/mol. The van der Waals surface area contributed by atoms with E-state index in [1.165, 1.54) is 25.7 Å². The third kappa shape index (κ3) is 28.1. The summed E-state index contributed by atoms with van der Waals surface area (Å²) in [5, 5.41) is 18.4. The van der Waals surface area contributed by atoms with Gasteiger partial charge in [0, 0.05) is 6.42 Å². The molecule has 0 atom stereocenters. The molecule has 0 heterocycles. The number of carboxylic acid groups (broad SMARTS) is 2.